The molecule has 0 N–H and O–H groups in total. The molecule has 4 heteroatoms. The minimum absolute atomic E-state index is 0.000431. The lowest BCUT2D eigenvalue weighted by molar-refractivity contribution is -0.143. The third kappa shape index (κ3) is 2.45. The summed E-state index contributed by atoms with van der Waals surface area (Å²) in [5.74, 6) is -0.494. The zero-order valence-corrected chi connectivity index (χ0v) is 12.8. The second-order valence-electron chi connectivity index (χ2n) is 5.71. The van der Waals surface area contributed by atoms with E-state index in [0.29, 0.717) is 11.3 Å². The van der Waals surface area contributed by atoms with Crippen molar-refractivity contribution in [3.63, 3.8) is 0 Å². The van der Waals surface area contributed by atoms with Crippen molar-refractivity contribution in [2.24, 2.45) is 0 Å². The lowest BCUT2D eigenvalue weighted by Crippen LogP contribution is -2.24. The van der Waals surface area contributed by atoms with Crippen molar-refractivity contribution in [2.75, 3.05) is 7.11 Å². The van der Waals surface area contributed by atoms with Crippen LogP contribution in [0.4, 0.5) is 0 Å². The van der Waals surface area contributed by atoms with Crippen LogP contribution in [0.15, 0.2) is 36.4 Å². The molecule has 1 atom stereocenters. The van der Waals surface area contributed by atoms with Crippen LogP contribution < -0.4 is 0 Å². The van der Waals surface area contributed by atoms with Crippen LogP contribution in [0.25, 0.3) is 0 Å². The van der Waals surface area contributed by atoms with E-state index in [1.807, 2.05) is 47.9 Å². The highest BCUT2D eigenvalue weighted by atomic mass is 16.5. The van der Waals surface area contributed by atoms with Crippen molar-refractivity contribution in [3.8, 4) is 0 Å². The Morgan fingerprint density at radius 1 is 1.23 bits per heavy atom. The molecule has 0 saturated heterocycles. The summed E-state index contributed by atoms with van der Waals surface area (Å²) in [5.41, 5.74) is 3.27. The van der Waals surface area contributed by atoms with Crippen LogP contribution in [0.5, 0.6) is 0 Å². The summed E-state index contributed by atoms with van der Waals surface area (Å²) in [4.78, 5) is 24.6. The van der Waals surface area contributed by atoms with Gasteiger partial charge in [0.25, 0.3) is 0 Å². The van der Waals surface area contributed by atoms with Crippen LogP contribution in [0.1, 0.15) is 46.1 Å². The maximum atomic E-state index is 12.7. The summed E-state index contributed by atoms with van der Waals surface area (Å²) in [7, 11) is 1.41. The van der Waals surface area contributed by atoms with E-state index in [1.165, 1.54) is 7.11 Å². The number of aromatic nitrogens is 1. The average molecular weight is 297 g/mol. The molecule has 0 amide bonds. The van der Waals surface area contributed by atoms with E-state index in [1.54, 1.807) is 0 Å². The van der Waals surface area contributed by atoms with Gasteiger partial charge >= 0.3 is 5.97 Å². The molecule has 1 aliphatic heterocycles. The number of hydrogen-bond donors (Lipinski definition) is 0. The maximum absolute atomic E-state index is 12.7. The molecule has 0 aliphatic carbocycles. The highest BCUT2D eigenvalue weighted by molar-refractivity contribution is 6.08. The Kier molecular flexibility index (Phi) is 3.84. The first-order valence-corrected chi connectivity index (χ1v) is 7.50. The van der Waals surface area contributed by atoms with Gasteiger partial charge in [0.1, 0.15) is 0 Å². The van der Waals surface area contributed by atoms with Crippen molar-refractivity contribution in [1.29, 1.82) is 0 Å². The van der Waals surface area contributed by atoms with Crippen LogP contribution in [0.2, 0.25) is 0 Å². The predicted octanol–water partition coefficient (Wildman–Crippen LogP) is 3.08. The number of ether oxygens (including phenoxy) is 1. The van der Waals surface area contributed by atoms with E-state index in [9.17, 15) is 9.59 Å². The Labute approximate surface area is 129 Å². The lowest BCUT2D eigenvalue weighted by Gasteiger charge is -2.24. The average Bonchev–Trinajstić information content (AvgIpc) is 2.97. The molecule has 1 aliphatic rings. The molecular weight excluding hydrogens is 278 g/mol. The minimum Gasteiger partial charge on any atom is -0.469 e. The van der Waals surface area contributed by atoms with Crippen molar-refractivity contribution in [1.82, 2.24) is 4.57 Å². The van der Waals surface area contributed by atoms with Gasteiger partial charge in [0.05, 0.1) is 18.7 Å². The van der Waals surface area contributed by atoms with Crippen molar-refractivity contribution >= 4 is 11.8 Å². The molecule has 0 radical (unpaired) electrons. The van der Waals surface area contributed by atoms with Crippen molar-refractivity contribution in [3.05, 3.63) is 58.9 Å². The van der Waals surface area contributed by atoms with Gasteiger partial charge in [-0.2, -0.15) is 0 Å². The maximum Gasteiger partial charge on any atom is 0.314 e. The smallest absolute Gasteiger partial charge is 0.314 e. The fourth-order valence-electron chi connectivity index (χ4n) is 3.15. The largest absolute Gasteiger partial charge is 0.469 e. The zero-order chi connectivity index (χ0) is 15.7. The summed E-state index contributed by atoms with van der Waals surface area (Å²) in [5, 5.41) is 0. The molecule has 2 aromatic rings. The molecule has 1 aromatic heterocycles. The molecule has 22 heavy (non-hydrogen) atoms. The Balaban J connectivity index is 1.99. The molecule has 0 fully saturated rings. The quantitative estimate of drug-likeness (QED) is 0.646. The normalized spacial score (nSPS) is 16.9. The van der Waals surface area contributed by atoms with E-state index in [-0.39, 0.29) is 17.7 Å². The highest BCUT2D eigenvalue weighted by Crippen LogP contribution is 2.31. The molecule has 0 spiro atoms. The fraction of sp³-hybridized carbons (Fsp3) is 0.333. The summed E-state index contributed by atoms with van der Waals surface area (Å²) < 4.78 is 6.85. The molecular formula is C18H19NO3. The molecule has 0 bridgehead atoms. The van der Waals surface area contributed by atoms with Crippen molar-refractivity contribution in [2.45, 2.75) is 32.2 Å². The van der Waals surface area contributed by atoms with Crippen LogP contribution in [0, 0.1) is 6.92 Å². The standard InChI is InChI=1S/C18H19NO3/c1-12-5-3-6-13(11-12)17(20)16-9-8-15-14(18(21)22-2)7-4-10-19(15)16/h3,5-6,8-9,11,14H,4,7,10H2,1-2H3. The van der Waals surface area contributed by atoms with Gasteiger partial charge in [-0.3, -0.25) is 9.59 Å². The molecule has 4 nitrogen and oxygen atoms in total. The van der Waals surface area contributed by atoms with Gasteiger partial charge in [0.15, 0.2) is 0 Å². The third-order valence-corrected chi connectivity index (χ3v) is 4.24. The van der Waals surface area contributed by atoms with Crippen LogP contribution >= 0.6 is 0 Å². The topological polar surface area (TPSA) is 48.3 Å². The first-order valence-electron chi connectivity index (χ1n) is 7.50. The number of rotatable bonds is 3. The number of ketones is 1. The number of hydrogen-bond acceptors (Lipinski definition) is 3. The molecule has 3 rings (SSSR count). The monoisotopic (exact) mass is 297 g/mol. The number of carbonyl (C=O) groups is 2. The number of carbonyl (C=O) groups excluding carboxylic acids is 2. The van der Waals surface area contributed by atoms with Gasteiger partial charge in [-0.25, -0.2) is 0 Å². The summed E-state index contributed by atoms with van der Waals surface area (Å²) in [6.07, 6.45) is 1.64. The molecule has 114 valence electrons. The Bertz CT molecular complexity index is 730. The van der Waals surface area contributed by atoms with E-state index >= 15 is 0 Å². The number of nitrogens with zero attached hydrogens (tertiary/aromatic N) is 1. The predicted molar refractivity (Wildman–Crippen MR) is 83.0 cm³/mol. The molecule has 1 unspecified atom stereocenters. The van der Waals surface area contributed by atoms with Crippen molar-refractivity contribution < 1.29 is 14.3 Å². The second-order valence-corrected chi connectivity index (χ2v) is 5.71. The van der Waals surface area contributed by atoms with Gasteiger partial charge in [0, 0.05) is 17.8 Å². The minimum atomic E-state index is -0.266. The highest BCUT2D eigenvalue weighted by Gasteiger charge is 2.30. The SMILES string of the molecule is COC(=O)C1CCCn2c(C(=O)c3cccc(C)c3)ccc21. The van der Waals surface area contributed by atoms with E-state index in [4.69, 9.17) is 4.74 Å². The van der Waals surface area contributed by atoms with Gasteiger partial charge in [-0.05, 0) is 38.0 Å². The number of benzene rings is 1. The van der Waals surface area contributed by atoms with Gasteiger partial charge in [-0.15, -0.1) is 0 Å². The second kappa shape index (κ2) is 5.79. The van der Waals surface area contributed by atoms with Gasteiger partial charge < -0.3 is 9.30 Å². The first-order chi connectivity index (χ1) is 10.6. The van der Waals surface area contributed by atoms with E-state index in [0.717, 1.165) is 30.6 Å². The van der Waals surface area contributed by atoms with E-state index in [2.05, 4.69) is 0 Å². The molecule has 1 aromatic carbocycles. The summed E-state index contributed by atoms with van der Waals surface area (Å²) in [6.45, 7) is 2.74. The number of fused-ring (bicyclic) bond motifs is 1. The third-order valence-electron chi connectivity index (χ3n) is 4.24. The number of esters is 1. The van der Waals surface area contributed by atoms with Crippen LogP contribution in [-0.2, 0) is 16.1 Å². The number of aryl methyl sites for hydroxylation is 1. The molecule has 2 heterocycles. The Hall–Kier alpha value is -2.36. The summed E-state index contributed by atoms with van der Waals surface area (Å²) >= 11 is 0. The lowest BCUT2D eigenvalue weighted by atomic mass is 9.96. The number of methoxy groups -OCH3 is 1. The molecule has 0 saturated carbocycles. The van der Waals surface area contributed by atoms with Gasteiger partial charge in [-0.1, -0.05) is 23.8 Å². The Morgan fingerprint density at radius 3 is 2.77 bits per heavy atom. The fourth-order valence-corrected chi connectivity index (χ4v) is 3.15. The zero-order valence-electron chi connectivity index (χ0n) is 12.8. The Morgan fingerprint density at radius 2 is 2.05 bits per heavy atom. The van der Waals surface area contributed by atoms with Gasteiger partial charge in [0.2, 0.25) is 5.78 Å². The summed E-state index contributed by atoms with van der Waals surface area (Å²) in [6, 6.07) is 11.3. The first kappa shape index (κ1) is 14.6. The van der Waals surface area contributed by atoms with Crippen LogP contribution in [0.3, 0.4) is 0 Å². The van der Waals surface area contributed by atoms with E-state index < -0.39 is 0 Å². The van der Waals surface area contributed by atoms with Crippen LogP contribution in [-0.4, -0.2) is 23.4 Å².